The van der Waals surface area contributed by atoms with Gasteiger partial charge in [-0.2, -0.15) is 5.10 Å². The standard InChI is InChI=1S/C17H21FN6O3S/c1-3-6-19-16-13-10-22-24(17(13)21-11-20-16)8-7-23-28(25,26)15-9-12(18)4-5-14(15)27-2/h4-5,9-11,23H,3,6-8H2,1-2H3,(H,19,20,21). The van der Waals surface area contributed by atoms with Gasteiger partial charge in [-0.15, -0.1) is 0 Å². The Hall–Kier alpha value is -2.79. The number of rotatable bonds is 9. The minimum atomic E-state index is -3.95. The van der Waals surface area contributed by atoms with Crippen molar-refractivity contribution in [2.75, 3.05) is 25.5 Å². The molecule has 0 saturated carbocycles. The first-order valence-corrected chi connectivity index (χ1v) is 10.2. The van der Waals surface area contributed by atoms with Crippen molar-refractivity contribution >= 4 is 26.9 Å². The summed E-state index contributed by atoms with van der Waals surface area (Å²) in [5.74, 6) is 0.0871. The molecule has 0 atom stereocenters. The number of fused-ring (bicyclic) bond motifs is 1. The lowest BCUT2D eigenvalue weighted by Crippen LogP contribution is -2.28. The van der Waals surface area contributed by atoms with Crippen LogP contribution in [0.2, 0.25) is 0 Å². The van der Waals surface area contributed by atoms with E-state index in [1.54, 1.807) is 10.9 Å². The van der Waals surface area contributed by atoms with Gasteiger partial charge in [0.1, 0.15) is 28.6 Å². The van der Waals surface area contributed by atoms with Gasteiger partial charge in [0.25, 0.3) is 0 Å². The fourth-order valence-electron chi connectivity index (χ4n) is 2.67. The van der Waals surface area contributed by atoms with Gasteiger partial charge in [-0.1, -0.05) is 6.92 Å². The highest BCUT2D eigenvalue weighted by atomic mass is 32.2. The normalized spacial score (nSPS) is 11.7. The second-order valence-electron chi connectivity index (χ2n) is 5.95. The van der Waals surface area contributed by atoms with Crippen LogP contribution in [0.1, 0.15) is 13.3 Å². The maximum absolute atomic E-state index is 13.5. The van der Waals surface area contributed by atoms with E-state index in [-0.39, 0.29) is 23.7 Å². The van der Waals surface area contributed by atoms with Crippen molar-refractivity contribution in [3.8, 4) is 5.75 Å². The van der Waals surface area contributed by atoms with Crippen LogP contribution in [0.4, 0.5) is 10.2 Å². The van der Waals surface area contributed by atoms with Gasteiger partial charge in [0, 0.05) is 13.1 Å². The fraction of sp³-hybridized carbons (Fsp3) is 0.353. The molecule has 0 unspecified atom stereocenters. The molecule has 2 N–H and O–H groups in total. The highest BCUT2D eigenvalue weighted by molar-refractivity contribution is 7.89. The maximum Gasteiger partial charge on any atom is 0.244 e. The molecule has 0 aliphatic carbocycles. The van der Waals surface area contributed by atoms with E-state index in [0.29, 0.717) is 11.5 Å². The Morgan fingerprint density at radius 2 is 2.07 bits per heavy atom. The summed E-state index contributed by atoms with van der Waals surface area (Å²) in [7, 11) is -2.63. The van der Waals surface area contributed by atoms with Gasteiger partial charge >= 0.3 is 0 Å². The Bertz CT molecular complexity index is 1070. The lowest BCUT2D eigenvalue weighted by atomic mass is 10.3. The van der Waals surface area contributed by atoms with E-state index in [0.717, 1.165) is 30.5 Å². The lowest BCUT2D eigenvalue weighted by molar-refractivity contribution is 0.400. The Kier molecular flexibility index (Phi) is 6.05. The highest BCUT2D eigenvalue weighted by Gasteiger charge is 2.20. The summed E-state index contributed by atoms with van der Waals surface area (Å²) in [4.78, 5) is 8.18. The molecule has 150 valence electrons. The van der Waals surface area contributed by atoms with Crippen LogP contribution in [-0.4, -0.2) is 48.4 Å². The number of sulfonamides is 1. The zero-order chi connectivity index (χ0) is 20.1. The number of hydrogen-bond acceptors (Lipinski definition) is 7. The summed E-state index contributed by atoms with van der Waals surface area (Å²) in [6.45, 7) is 3.10. The summed E-state index contributed by atoms with van der Waals surface area (Å²) < 4.78 is 47.5. The molecule has 0 aliphatic heterocycles. The molecule has 3 aromatic rings. The number of methoxy groups -OCH3 is 1. The molecule has 2 heterocycles. The molecule has 2 aromatic heterocycles. The summed E-state index contributed by atoms with van der Waals surface area (Å²) in [6, 6.07) is 3.33. The van der Waals surface area contributed by atoms with Crippen LogP contribution in [0.3, 0.4) is 0 Å². The molecule has 0 amide bonds. The number of halogens is 1. The molecule has 1 aromatic carbocycles. The molecule has 0 saturated heterocycles. The first kappa shape index (κ1) is 20.0. The number of aromatic nitrogens is 4. The second-order valence-corrected chi connectivity index (χ2v) is 7.68. The van der Waals surface area contributed by atoms with E-state index in [9.17, 15) is 12.8 Å². The van der Waals surface area contributed by atoms with Gasteiger partial charge in [0.2, 0.25) is 10.0 Å². The predicted molar refractivity (Wildman–Crippen MR) is 102 cm³/mol. The molecule has 11 heteroatoms. The van der Waals surface area contributed by atoms with Crippen LogP contribution in [0.5, 0.6) is 5.75 Å². The number of nitrogens with one attached hydrogen (secondary N) is 2. The van der Waals surface area contributed by atoms with Crippen molar-refractivity contribution in [3.63, 3.8) is 0 Å². The van der Waals surface area contributed by atoms with E-state index in [1.165, 1.54) is 19.5 Å². The van der Waals surface area contributed by atoms with Crippen molar-refractivity contribution in [2.24, 2.45) is 0 Å². The molecule has 0 radical (unpaired) electrons. The molecule has 28 heavy (non-hydrogen) atoms. The topological polar surface area (TPSA) is 111 Å². The Balaban J connectivity index is 1.74. The predicted octanol–water partition coefficient (Wildman–Crippen LogP) is 1.77. The monoisotopic (exact) mass is 408 g/mol. The van der Waals surface area contributed by atoms with Gasteiger partial charge < -0.3 is 10.1 Å². The van der Waals surface area contributed by atoms with E-state index in [1.807, 2.05) is 0 Å². The number of benzene rings is 1. The number of anilines is 1. The smallest absolute Gasteiger partial charge is 0.244 e. The van der Waals surface area contributed by atoms with Crippen molar-refractivity contribution in [1.82, 2.24) is 24.5 Å². The van der Waals surface area contributed by atoms with Crippen LogP contribution < -0.4 is 14.8 Å². The van der Waals surface area contributed by atoms with Crippen molar-refractivity contribution in [1.29, 1.82) is 0 Å². The van der Waals surface area contributed by atoms with Gasteiger partial charge in [0.05, 0.1) is 25.2 Å². The quantitative estimate of drug-likeness (QED) is 0.555. The van der Waals surface area contributed by atoms with Crippen LogP contribution >= 0.6 is 0 Å². The Labute approximate surface area is 162 Å². The lowest BCUT2D eigenvalue weighted by Gasteiger charge is -2.11. The molecular formula is C17H21FN6O3S. The van der Waals surface area contributed by atoms with Gasteiger partial charge in [0.15, 0.2) is 5.65 Å². The van der Waals surface area contributed by atoms with Crippen LogP contribution in [-0.2, 0) is 16.6 Å². The van der Waals surface area contributed by atoms with E-state index in [4.69, 9.17) is 4.74 Å². The van der Waals surface area contributed by atoms with Gasteiger partial charge in [-0.3, -0.25) is 0 Å². The first-order chi connectivity index (χ1) is 13.5. The zero-order valence-electron chi connectivity index (χ0n) is 15.5. The fourth-order valence-corrected chi connectivity index (χ4v) is 3.86. The summed E-state index contributed by atoms with van der Waals surface area (Å²) in [6.07, 6.45) is 4.02. The summed E-state index contributed by atoms with van der Waals surface area (Å²) in [5, 5.41) is 8.22. The average molecular weight is 408 g/mol. The van der Waals surface area contributed by atoms with E-state index < -0.39 is 15.8 Å². The Morgan fingerprint density at radius 3 is 2.82 bits per heavy atom. The van der Waals surface area contributed by atoms with Crippen molar-refractivity contribution in [2.45, 2.75) is 24.8 Å². The molecule has 3 rings (SSSR count). The molecule has 0 spiro atoms. The molecule has 0 aliphatic rings. The maximum atomic E-state index is 13.5. The minimum absolute atomic E-state index is 0.0422. The van der Waals surface area contributed by atoms with Crippen LogP contribution in [0, 0.1) is 5.82 Å². The summed E-state index contributed by atoms with van der Waals surface area (Å²) >= 11 is 0. The third-order valence-corrected chi connectivity index (χ3v) is 5.49. The average Bonchev–Trinajstić information content (AvgIpc) is 3.10. The van der Waals surface area contributed by atoms with Crippen LogP contribution in [0.25, 0.3) is 11.0 Å². The SMILES string of the molecule is CCCNc1ncnc2c1cnn2CCNS(=O)(=O)c1cc(F)ccc1OC. The molecule has 9 nitrogen and oxygen atoms in total. The van der Waals surface area contributed by atoms with Crippen molar-refractivity contribution in [3.05, 3.63) is 36.5 Å². The third kappa shape index (κ3) is 4.20. The highest BCUT2D eigenvalue weighted by Crippen LogP contribution is 2.24. The molecule has 0 bridgehead atoms. The van der Waals surface area contributed by atoms with E-state index >= 15 is 0 Å². The molecular weight excluding hydrogens is 387 g/mol. The van der Waals surface area contributed by atoms with E-state index in [2.05, 4.69) is 32.0 Å². The first-order valence-electron chi connectivity index (χ1n) is 8.70. The van der Waals surface area contributed by atoms with Gasteiger partial charge in [-0.25, -0.2) is 32.2 Å². The number of ether oxygens (including phenoxy) is 1. The minimum Gasteiger partial charge on any atom is -0.495 e. The summed E-state index contributed by atoms with van der Waals surface area (Å²) in [5.41, 5.74) is 0.594. The number of hydrogen-bond donors (Lipinski definition) is 2. The van der Waals surface area contributed by atoms with Crippen molar-refractivity contribution < 1.29 is 17.5 Å². The van der Waals surface area contributed by atoms with Crippen LogP contribution in [0.15, 0.2) is 35.6 Å². The zero-order valence-corrected chi connectivity index (χ0v) is 16.3. The number of nitrogens with zero attached hydrogens (tertiary/aromatic N) is 4. The third-order valence-electron chi connectivity index (χ3n) is 4.01. The second kappa shape index (κ2) is 8.48. The van der Waals surface area contributed by atoms with Gasteiger partial charge in [-0.05, 0) is 24.6 Å². The Morgan fingerprint density at radius 1 is 1.25 bits per heavy atom. The largest absolute Gasteiger partial charge is 0.495 e. The molecule has 0 fully saturated rings.